The maximum absolute atomic E-state index is 13.3. The minimum atomic E-state index is -0.837. The lowest BCUT2D eigenvalue weighted by atomic mass is 9.85. The molecule has 7 nitrogen and oxygen atoms in total. The zero-order chi connectivity index (χ0) is 22.5. The lowest BCUT2D eigenvalue weighted by molar-refractivity contribution is -0.156. The first-order chi connectivity index (χ1) is 15.7. The van der Waals surface area contributed by atoms with Gasteiger partial charge in [0.15, 0.2) is 5.92 Å². The number of piperazine rings is 1. The number of fused-ring (bicyclic) bond motifs is 1. The van der Waals surface area contributed by atoms with E-state index in [-0.39, 0.29) is 24.3 Å². The van der Waals surface area contributed by atoms with Gasteiger partial charge in [-0.25, -0.2) is 0 Å². The van der Waals surface area contributed by atoms with Gasteiger partial charge in [-0.2, -0.15) is 5.26 Å². The van der Waals surface area contributed by atoms with Crippen molar-refractivity contribution in [1.82, 2.24) is 14.7 Å². The molecule has 4 rings (SSSR count). The van der Waals surface area contributed by atoms with Crippen LogP contribution in [-0.4, -0.2) is 90.0 Å². The third-order valence-corrected chi connectivity index (χ3v) is 8.07. The molecule has 2 aliphatic carbocycles. The van der Waals surface area contributed by atoms with Crippen molar-refractivity contribution in [3.8, 4) is 6.07 Å². The van der Waals surface area contributed by atoms with Crippen LogP contribution in [0.1, 0.15) is 71.6 Å². The van der Waals surface area contributed by atoms with Gasteiger partial charge in [0.2, 0.25) is 0 Å². The average molecular weight is 444 g/mol. The normalized spacial score (nSPS) is 31.9. The highest BCUT2D eigenvalue weighted by Gasteiger charge is 2.48. The van der Waals surface area contributed by atoms with E-state index in [2.05, 4.69) is 34.6 Å². The van der Waals surface area contributed by atoms with Crippen LogP contribution in [0.15, 0.2) is 4.99 Å². The van der Waals surface area contributed by atoms with Crippen LogP contribution in [0.4, 0.5) is 0 Å². The van der Waals surface area contributed by atoms with Gasteiger partial charge in [0.25, 0.3) is 0 Å². The van der Waals surface area contributed by atoms with Crippen LogP contribution < -0.4 is 0 Å². The van der Waals surface area contributed by atoms with E-state index < -0.39 is 5.92 Å². The SMILES string of the molecule is CCN1CCN(C2C(C(C#N)C(=O)OC3CCCCC3)N=C3CCCCC3N2CC)CC1. The number of hydrogen-bond donors (Lipinski definition) is 0. The van der Waals surface area contributed by atoms with Crippen LogP contribution in [0.25, 0.3) is 0 Å². The summed E-state index contributed by atoms with van der Waals surface area (Å²) in [4.78, 5) is 26.0. The largest absolute Gasteiger partial charge is 0.461 e. The monoisotopic (exact) mass is 443 g/mol. The molecular formula is C25H41N5O2. The fourth-order valence-electron chi connectivity index (χ4n) is 6.24. The van der Waals surface area contributed by atoms with E-state index in [1.54, 1.807) is 0 Å². The minimum absolute atomic E-state index is 0.00517. The Hall–Kier alpha value is -1.49. The number of rotatable bonds is 6. The summed E-state index contributed by atoms with van der Waals surface area (Å²) in [7, 11) is 0. The second-order valence-electron chi connectivity index (χ2n) is 9.89. The summed E-state index contributed by atoms with van der Waals surface area (Å²) >= 11 is 0. The van der Waals surface area contributed by atoms with Gasteiger partial charge in [0.05, 0.1) is 12.2 Å². The van der Waals surface area contributed by atoms with Gasteiger partial charge in [-0.1, -0.05) is 26.7 Å². The maximum Gasteiger partial charge on any atom is 0.325 e. The predicted octanol–water partition coefficient (Wildman–Crippen LogP) is 3.05. The second-order valence-corrected chi connectivity index (χ2v) is 9.89. The molecule has 0 aromatic rings. The van der Waals surface area contributed by atoms with Gasteiger partial charge in [0.1, 0.15) is 12.1 Å². The van der Waals surface area contributed by atoms with Crippen LogP contribution in [0, 0.1) is 17.2 Å². The van der Waals surface area contributed by atoms with Crippen molar-refractivity contribution in [2.75, 3.05) is 39.3 Å². The quantitative estimate of drug-likeness (QED) is 0.588. The molecule has 2 aliphatic heterocycles. The third kappa shape index (κ3) is 5.03. The molecule has 2 saturated carbocycles. The molecule has 0 amide bonds. The summed E-state index contributed by atoms with van der Waals surface area (Å²) in [6.07, 6.45) is 9.75. The molecular weight excluding hydrogens is 402 g/mol. The number of nitrogens with zero attached hydrogens (tertiary/aromatic N) is 5. The summed E-state index contributed by atoms with van der Waals surface area (Å²) in [5, 5.41) is 10.2. The Labute approximate surface area is 193 Å². The molecule has 4 aliphatic rings. The van der Waals surface area contributed by atoms with E-state index in [1.165, 1.54) is 18.6 Å². The zero-order valence-electron chi connectivity index (χ0n) is 20.0. The van der Waals surface area contributed by atoms with Crippen molar-refractivity contribution < 1.29 is 9.53 Å². The Morgan fingerprint density at radius 1 is 1.06 bits per heavy atom. The third-order valence-electron chi connectivity index (χ3n) is 8.07. The highest BCUT2D eigenvalue weighted by molar-refractivity contribution is 5.91. The van der Waals surface area contributed by atoms with Crippen LogP contribution >= 0.6 is 0 Å². The maximum atomic E-state index is 13.3. The zero-order valence-corrected chi connectivity index (χ0v) is 20.0. The molecule has 0 spiro atoms. The summed E-state index contributed by atoms with van der Waals surface area (Å²) in [5.41, 5.74) is 1.21. The van der Waals surface area contributed by atoms with Gasteiger partial charge in [-0.3, -0.25) is 19.6 Å². The molecule has 0 aromatic carbocycles. The first-order valence-electron chi connectivity index (χ1n) is 13.0. The fraction of sp³-hybridized carbons (Fsp3) is 0.880. The van der Waals surface area contributed by atoms with Crippen LogP contribution in [0.5, 0.6) is 0 Å². The number of esters is 1. The molecule has 32 heavy (non-hydrogen) atoms. The molecule has 0 radical (unpaired) electrons. The van der Waals surface area contributed by atoms with Crippen LogP contribution in [0.3, 0.4) is 0 Å². The second kappa shape index (κ2) is 11.1. The summed E-state index contributed by atoms with van der Waals surface area (Å²) in [6, 6.07) is 2.33. The molecule has 178 valence electrons. The minimum Gasteiger partial charge on any atom is -0.461 e. The molecule has 1 saturated heterocycles. The molecule has 0 aromatic heterocycles. The van der Waals surface area contributed by atoms with Gasteiger partial charge in [-0.15, -0.1) is 0 Å². The lowest BCUT2D eigenvalue weighted by Gasteiger charge is -2.52. The highest BCUT2D eigenvalue weighted by Crippen LogP contribution is 2.34. The van der Waals surface area contributed by atoms with E-state index in [4.69, 9.17) is 9.73 Å². The summed E-state index contributed by atoms with van der Waals surface area (Å²) in [5.74, 6) is -1.19. The standard InChI is InChI=1S/C25H41N5O2/c1-3-28-14-16-29(17-15-28)24-23(27-21-12-8-9-13-22(21)30(24)4-2)20(18-26)25(31)32-19-10-6-5-7-11-19/h19-20,22-24H,3-17H2,1-2H3. The fourth-order valence-corrected chi connectivity index (χ4v) is 6.24. The molecule has 3 fully saturated rings. The van der Waals surface area contributed by atoms with Gasteiger partial charge in [-0.05, 0) is 58.0 Å². The predicted molar refractivity (Wildman–Crippen MR) is 125 cm³/mol. The van der Waals surface area contributed by atoms with E-state index in [1.807, 2.05) is 0 Å². The highest BCUT2D eigenvalue weighted by atomic mass is 16.5. The van der Waals surface area contributed by atoms with Crippen molar-refractivity contribution in [2.24, 2.45) is 10.9 Å². The van der Waals surface area contributed by atoms with Crippen molar-refractivity contribution in [3.63, 3.8) is 0 Å². The number of ether oxygens (including phenoxy) is 1. The number of carbonyl (C=O) groups is 1. The molecule has 2 heterocycles. The van der Waals surface area contributed by atoms with E-state index in [9.17, 15) is 10.1 Å². The van der Waals surface area contributed by atoms with E-state index >= 15 is 0 Å². The Bertz CT molecular complexity index is 706. The first kappa shape index (κ1) is 23.7. The molecule has 4 atom stereocenters. The number of hydrogen-bond acceptors (Lipinski definition) is 7. The average Bonchev–Trinajstić information content (AvgIpc) is 2.84. The van der Waals surface area contributed by atoms with Gasteiger partial charge < -0.3 is 9.64 Å². The summed E-state index contributed by atoms with van der Waals surface area (Å²) < 4.78 is 5.90. The topological polar surface area (TPSA) is 72.2 Å². The van der Waals surface area contributed by atoms with E-state index in [0.717, 1.165) is 84.2 Å². The molecule has 7 heteroatoms. The summed E-state index contributed by atoms with van der Waals surface area (Å²) in [6.45, 7) is 10.4. The first-order valence-corrected chi connectivity index (χ1v) is 13.0. The Morgan fingerprint density at radius 3 is 2.44 bits per heavy atom. The Morgan fingerprint density at radius 2 is 1.78 bits per heavy atom. The van der Waals surface area contributed by atoms with Gasteiger partial charge >= 0.3 is 5.97 Å². The van der Waals surface area contributed by atoms with Crippen LogP contribution in [-0.2, 0) is 9.53 Å². The molecule has 0 bridgehead atoms. The number of carbonyl (C=O) groups excluding carboxylic acids is 1. The van der Waals surface area contributed by atoms with E-state index in [0.29, 0.717) is 6.04 Å². The van der Waals surface area contributed by atoms with Crippen molar-refractivity contribution in [2.45, 2.75) is 96.0 Å². The molecule has 4 unspecified atom stereocenters. The van der Waals surface area contributed by atoms with Crippen molar-refractivity contribution in [1.29, 1.82) is 5.26 Å². The molecule has 0 N–H and O–H groups in total. The van der Waals surface area contributed by atoms with Crippen molar-refractivity contribution in [3.05, 3.63) is 0 Å². The van der Waals surface area contributed by atoms with Gasteiger partial charge in [0, 0.05) is 37.9 Å². The number of likely N-dealkylation sites (N-methyl/N-ethyl adjacent to an activating group) is 2. The van der Waals surface area contributed by atoms with Crippen molar-refractivity contribution >= 4 is 11.7 Å². The number of aliphatic imine (C=N–C) groups is 1. The smallest absolute Gasteiger partial charge is 0.325 e. The lowest BCUT2D eigenvalue weighted by Crippen LogP contribution is -2.67. The van der Waals surface area contributed by atoms with Crippen LogP contribution in [0.2, 0.25) is 0 Å². The Kier molecular flexibility index (Phi) is 8.20. The number of nitriles is 1. The Balaban J connectivity index is 1.60.